The molecule has 8 heteroatoms. The Labute approximate surface area is 160 Å². The molecule has 0 radical (unpaired) electrons. The molecule has 1 fully saturated rings. The van der Waals surface area contributed by atoms with Crippen molar-refractivity contribution in [3.8, 4) is 5.88 Å². The highest BCUT2D eigenvalue weighted by Crippen LogP contribution is 2.27. The van der Waals surface area contributed by atoms with E-state index in [1.54, 1.807) is 17.0 Å². The average molecular weight is 382 g/mol. The number of hydrogen-bond donors (Lipinski definition) is 1. The summed E-state index contributed by atoms with van der Waals surface area (Å²) < 4.78 is 5.62. The van der Waals surface area contributed by atoms with Crippen LogP contribution >= 0.6 is 11.6 Å². The van der Waals surface area contributed by atoms with Gasteiger partial charge in [-0.25, -0.2) is 4.79 Å². The zero-order valence-electron chi connectivity index (χ0n) is 15.7. The molecule has 1 aliphatic rings. The summed E-state index contributed by atoms with van der Waals surface area (Å²) in [5.41, 5.74) is 5.78. The number of amidine groups is 1. The van der Waals surface area contributed by atoms with Gasteiger partial charge in [0.2, 0.25) is 5.88 Å². The number of carbonyl (C=O) groups excluding carboxylic acids is 1. The Hall–Kier alpha value is -1.89. The average Bonchev–Trinajstić information content (AvgIpc) is 2.63. The summed E-state index contributed by atoms with van der Waals surface area (Å²) in [6, 6.07) is 3.16. The van der Waals surface area contributed by atoms with E-state index in [-0.39, 0.29) is 11.9 Å². The first-order chi connectivity index (χ1) is 12.4. The van der Waals surface area contributed by atoms with Crippen molar-refractivity contribution in [3.63, 3.8) is 0 Å². The molecular weight excluding hydrogens is 354 g/mol. The van der Waals surface area contributed by atoms with Crippen LogP contribution in [0.4, 0.5) is 4.79 Å². The number of hydrogen-bond acceptors (Lipinski definition) is 4. The van der Waals surface area contributed by atoms with Gasteiger partial charge in [-0.2, -0.15) is 4.99 Å². The van der Waals surface area contributed by atoms with Gasteiger partial charge in [-0.05, 0) is 37.2 Å². The summed E-state index contributed by atoms with van der Waals surface area (Å²) in [5, 5.41) is 7.99. The molecule has 26 heavy (non-hydrogen) atoms. The Morgan fingerprint density at radius 3 is 2.62 bits per heavy atom. The Balaban J connectivity index is 1.72. The summed E-state index contributed by atoms with van der Waals surface area (Å²) >= 11 is 5.70. The summed E-state index contributed by atoms with van der Waals surface area (Å²) in [6.07, 6.45) is 2.89. The van der Waals surface area contributed by atoms with Gasteiger partial charge in [-0.15, -0.1) is 10.2 Å². The molecule has 144 valence electrons. The Kier molecular flexibility index (Phi) is 7.63. The van der Waals surface area contributed by atoms with Gasteiger partial charge in [0.15, 0.2) is 5.15 Å². The van der Waals surface area contributed by atoms with Gasteiger partial charge in [0.05, 0.1) is 6.61 Å². The summed E-state index contributed by atoms with van der Waals surface area (Å²) in [4.78, 5) is 17.9. The van der Waals surface area contributed by atoms with Crippen molar-refractivity contribution in [1.82, 2.24) is 15.1 Å². The molecule has 2 rings (SSSR count). The van der Waals surface area contributed by atoms with E-state index in [1.165, 1.54) is 0 Å². The molecule has 2 heterocycles. The number of rotatable bonds is 6. The lowest BCUT2D eigenvalue weighted by molar-refractivity contribution is 0.148. The van der Waals surface area contributed by atoms with Crippen molar-refractivity contribution in [2.24, 2.45) is 28.5 Å². The Bertz CT molecular complexity index is 613. The first-order valence-corrected chi connectivity index (χ1v) is 9.49. The van der Waals surface area contributed by atoms with Crippen molar-refractivity contribution in [2.45, 2.75) is 40.0 Å². The van der Waals surface area contributed by atoms with Gasteiger partial charge < -0.3 is 15.4 Å². The minimum absolute atomic E-state index is 0.0850. The van der Waals surface area contributed by atoms with Crippen molar-refractivity contribution in [3.05, 3.63) is 17.3 Å². The van der Waals surface area contributed by atoms with E-state index in [0.717, 1.165) is 32.4 Å². The van der Waals surface area contributed by atoms with Crippen molar-refractivity contribution < 1.29 is 9.53 Å². The lowest BCUT2D eigenvalue weighted by atomic mass is 9.84. The van der Waals surface area contributed by atoms with Crippen LogP contribution in [0.15, 0.2) is 17.1 Å². The summed E-state index contributed by atoms with van der Waals surface area (Å²) in [5.74, 6) is 2.06. The molecule has 1 aromatic heterocycles. The van der Waals surface area contributed by atoms with E-state index in [2.05, 4.69) is 22.1 Å². The third-order valence-corrected chi connectivity index (χ3v) is 5.06. The van der Waals surface area contributed by atoms with Crippen LogP contribution in [0, 0.1) is 17.8 Å². The minimum Gasteiger partial charge on any atom is -0.477 e. The molecule has 1 saturated heterocycles. The second-order valence-electron chi connectivity index (χ2n) is 7.11. The van der Waals surface area contributed by atoms with E-state index in [9.17, 15) is 4.79 Å². The number of piperidine rings is 1. The highest BCUT2D eigenvalue weighted by Gasteiger charge is 2.26. The Morgan fingerprint density at radius 1 is 1.35 bits per heavy atom. The van der Waals surface area contributed by atoms with E-state index in [1.807, 2.05) is 13.8 Å². The number of carbonyl (C=O) groups is 1. The number of aliphatic imine (C=N–C) groups is 1. The largest absolute Gasteiger partial charge is 0.477 e. The molecule has 1 atom stereocenters. The molecule has 0 spiro atoms. The minimum atomic E-state index is -0.216. The standard InChI is InChI=1S/C18H28ClN5O2/c1-12(2)17(20)21-18(25)24-9-6-14(7-10-24)13(3)8-11-26-16-5-4-15(19)22-23-16/h4-5,12-14H,6-11H2,1-3H3,(H2,20,21,25). The highest BCUT2D eigenvalue weighted by molar-refractivity contribution is 6.29. The molecular formula is C18H28ClN5O2. The first kappa shape index (κ1) is 20.4. The fourth-order valence-electron chi connectivity index (χ4n) is 2.94. The molecule has 1 aromatic rings. The van der Waals surface area contributed by atoms with Gasteiger partial charge in [0.25, 0.3) is 0 Å². The quantitative estimate of drug-likeness (QED) is 0.602. The topological polar surface area (TPSA) is 93.7 Å². The maximum atomic E-state index is 12.2. The summed E-state index contributed by atoms with van der Waals surface area (Å²) in [7, 11) is 0. The van der Waals surface area contributed by atoms with Crippen LogP contribution in [-0.2, 0) is 0 Å². The van der Waals surface area contributed by atoms with Gasteiger partial charge >= 0.3 is 6.03 Å². The van der Waals surface area contributed by atoms with Gasteiger partial charge in [0.1, 0.15) is 5.84 Å². The van der Waals surface area contributed by atoms with E-state index in [4.69, 9.17) is 22.1 Å². The number of urea groups is 1. The molecule has 7 nitrogen and oxygen atoms in total. The third kappa shape index (κ3) is 6.12. The predicted octanol–water partition coefficient (Wildman–Crippen LogP) is 3.38. The monoisotopic (exact) mass is 381 g/mol. The molecule has 0 aromatic carbocycles. The second-order valence-corrected chi connectivity index (χ2v) is 7.49. The molecule has 1 aliphatic heterocycles. The number of ether oxygens (including phenoxy) is 1. The molecule has 2 N–H and O–H groups in total. The van der Waals surface area contributed by atoms with E-state index < -0.39 is 0 Å². The van der Waals surface area contributed by atoms with Crippen LogP contribution in [-0.4, -0.2) is 46.7 Å². The second kappa shape index (κ2) is 9.71. The van der Waals surface area contributed by atoms with Crippen LogP contribution in [0.25, 0.3) is 0 Å². The third-order valence-electron chi connectivity index (χ3n) is 4.86. The van der Waals surface area contributed by atoms with Crippen LogP contribution in [0.2, 0.25) is 5.15 Å². The fourth-order valence-corrected chi connectivity index (χ4v) is 3.04. The van der Waals surface area contributed by atoms with Crippen molar-refractivity contribution in [1.29, 1.82) is 0 Å². The number of likely N-dealkylation sites (tertiary alicyclic amines) is 1. The maximum absolute atomic E-state index is 12.2. The number of nitrogens with two attached hydrogens (primary N) is 1. The zero-order chi connectivity index (χ0) is 19.1. The molecule has 0 aliphatic carbocycles. The van der Waals surface area contributed by atoms with E-state index >= 15 is 0 Å². The normalized spacial score (nSPS) is 17.4. The van der Waals surface area contributed by atoms with Crippen LogP contribution < -0.4 is 10.5 Å². The van der Waals surface area contributed by atoms with Gasteiger partial charge in [-0.1, -0.05) is 32.4 Å². The van der Waals surface area contributed by atoms with Crippen LogP contribution in [0.3, 0.4) is 0 Å². The van der Waals surface area contributed by atoms with Crippen molar-refractivity contribution >= 4 is 23.5 Å². The van der Waals surface area contributed by atoms with Crippen LogP contribution in [0.1, 0.15) is 40.0 Å². The zero-order valence-corrected chi connectivity index (χ0v) is 16.4. The lowest BCUT2D eigenvalue weighted by Crippen LogP contribution is -2.39. The Morgan fingerprint density at radius 2 is 2.04 bits per heavy atom. The van der Waals surface area contributed by atoms with Crippen molar-refractivity contribution in [2.75, 3.05) is 19.7 Å². The predicted molar refractivity (Wildman–Crippen MR) is 102 cm³/mol. The fraction of sp³-hybridized carbons (Fsp3) is 0.667. The molecule has 1 unspecified atom stereocenters. The molecule has 0 saturated carbocycles. The number of halogens is 1. The van der Waals surface area contributed by atoms with E-state index in [0.29, 0.717) is 35.3 Å². The number of nitrogens with zero attached hydrogens (tertiary/aromatic N) is 4. The molecule has 0 bridgehead atoms. The smallest absolute Gasteiger partial charge is 0.345 e. The van der Waals surface area contributed by atoms with Crippen LogP contribution in [0.5, 0.6) is 5.88 Å². The summed E-state index contributed by atoms with van der Waals surface area (Å²) in [6.45, 7) is 8.13. The number of aromatic nitrogens is 2. The highest BCUT2D eigenvalue weighted by atomic mass is 35.5. The molecule has 2 amide bonds. The SMILES string of the molecule is CC(C)C(N)=NC(=O)N1CCC(C(C)CCOc2ccc(Cl)nn2)CC1. The van der Waals surface area contributed by atoms with Gasteiger partial charge in [-0.3, -0.25) is 0 Å². The number of amides is 2. The lowest BCUT2D eigenvalue weighted by Gasteiger charge is -2.34. The maximum Gasteiger partial charge on any atom is 0.345 e. The first-order valence-electron chi connectivity index (χ1n) is 9.11. The van der Waals surface area contributed by atoms with Gasteiger partial charge in [0, 0.05) is 25.1 Å².